The van der Waals surface area contributed by atoms with Crippen molar-refractivity contribution in [1.82, 2.24) is 4.57 Å². The van der Waals surface area contributed by atoms with Crippen LogP contribution in [0, 0.1) is 0 Å². The highest BCUT2D eigenvalue weighted by Crippen LogP contribution is 2.54. The van der Waals surface area contributed by atoms with Gasteiger partial charge in [0, 0.05) is 33.4 Å². The molecule has 62 heavy (non-hydrogen) atoms. The van der Waals surface area contributed by atoms with Crippen molar-refractivity contribution in [2.45, 2.75) is 12.0 Å². The number of aromatic nitrogens is 1. The molecule has 0 amide bonds. The molecule has 2 heteroatoms. The molecular formula is C60H44N2. The van der Waals surface area contributed by atoms with Gasteiger partial charge >= 0.3 is 0 Å². The second-order valence-corrected chi connectivity index (χ2v) is 16.0. The van der Waals surface area contributed by atoms with E-state index < -0.39 is 5.54 Å². The van der Waals surface area contributed by atoms with Gasteiger partial charge in [0.2, 0.25) is 0 Å². The minimum absolute atomic E-state index is 0.641. The van der Waals surface area contributed by atoms with Crippen LogP contribution in [0.1, 0.15) is 17.5 Å². The summed E-state index contributed by atoms with van der Waals surface area (Å²) in [5.74, 6) is 0. The second-order valence-electron chi connectivity index (χ2n) is 16.0. The Bertz CT molecular complexity index is 3220. The monoisotopic (exact) mass is 792 g/mol. The van der Waals surface area contributed by atoms with Gasteiger partial charge in [-0.05, 0) is 93.4 Å². The Kier molecular flexibility index (Phi) is 9.52. The number of hydrogen-bond donors (Lipinski definition) is 0. The number of para-hydroxylation sites is 3. The lowest BCUT2D eigenvalue weighted by Crippen LogP contribution is -2.45. The smallest absolute Gasteiger partial charge is 0.100 e. The van der Waals surface area contributed by atoms with Crippen LogP contribution in [-0.2, 0) is 5.54 Å². The third-order valence-electron chi connectivity index (χ3n) is 12.6. The van der Waals surface area contributed by atoms with E-state index >= 15 is 0 Å². The molecule has 1 atom stereocenters. The van der Waals surface area contributed by atoms with Crippen LogP contribution in [0.5, 0.6) is 0 Å². The van der Waals surface area contributed by atoms with Crippen molar-refractivity contribution in [1.29, 1.82) is 0 Å². The lowest BCUT2D eigenvalue weighted by molar-refractivity contribution is 0.568. The van der Waals surface area contributed by atoms with Crippen LogP contribution < -0.4 is 4.90 Å². The van der Waals surface area contributed by atoms with Gasteiger partial charge in [0.25, 0.3) is 0 Å². The second kappa shape index (κ2) is 15.9. The highest BCUT2D eigenvalue weighted by atomic mass is 15.2. The quantitative estimate of drug-likeness (QED) is 0.141. The zero-order chi connectivity index (χ0) is 41.3. The van der Waals surface area contributed by atoms with Gasteiger partial charge in [-0.15, -0.1) is 0 Å². The molecule has 2 nitrogen and oxygen atoms in total. The van der Waals surface area contributed by atoms with Gasteiger partial charge in [-0.1, -0.05) is 212 Å². The number of rotatable bonds is 9. The van der Waals surface area contributed by atoms with Crippen molar-refractivity contribution >= 4 is 38.8 Å². The Balaban J connectivity index is 1.15. The van der Waals surface area contributed by atoms with Crippen molar-refractivity contribution in [3.8, 4) is 39.1 Å². The molecule has 1 aliphatic rings. The first-order valence-corrected chi connectivity index (χ1v) is 21.5. The molecule has 0 saturated carbocycles. The summed E-state index contributed by atoms with van der Waals surface area (Å²) < 4.78 is 2.43. The number of hydrogen-bond acceptors (Lipinski definition) is 1. The molecule has 0 radical (unpaired) electrons. The molecule has 9 aromatic carbocycles. The highest BCUT2D eigenvalue weighted by Gasteiger charge is 2.45. The first-order valence-electron chi connectivity index (χ1n) is 21.5. The van der Waals surface area contributed by atoms with E-state index in [9.17, 15) is 0 Å². The Morgan fingerprint density at radius 2 is 0.887 bits per heavy atom. The topological polar surface area (TPSA) is 8.17 Å². The normalized spacial score (nSPS) is 14.8. The lowest BCUT2D eigenvalue weighted by atomic mass is 9.70. The first kappa shape index (κ1) is 37.1. The summed E-state index contributed by atoms with van der Waals surface area (Å²) in [7, 11) is 0. The molecule has 0 spiro atoms. The van der Waals surface area contributed by atoms with Gasteiger partial charge in [-0.25, -0.2) is 0 Å². The fourth-order valence-corrected chi connectivity index (χ4v) is 9.81. The lowest BCUT2D eigenvalue weighted by Gasteiger charge is -2.49. The van der Waals surface area contributed by atoms with Gasteiger partial charge in [-0.3, -0.25) is 0 Å². The van der Waals surface area contributed by atoms with Gasteiger partial charge in [0.1, 0.15) is 5.54 Å². The van der Waals surface area contributed by atoms with Crippen LogP contribution in [0.3, 0.4) is 0 Å². The van der Waals surface area contributed by atoms with E-state index in [4.69, 9.17) is 0 Å². The molecule has 10 aromatic rings. The maximum atomic E-state index is 2.61. The molecule has 0 bridgehead atoms. The van der Waals surface area contributed by atoms with Crippen molar-refractivity contribution in [3.63, 3.8) is 0 Å². The van der Waals surface area contributed by atoms with Gasteiger partial charge in [0.15, 0.2) is 0 Å². The number of nitrogens with zero attached hydrogens (tertiary/aromatic N) is 2. The number of anilines is 2. The molecule has 0 fully saturated rings. The molecule has 1 aliphatic carbocycles. The highest BCUT2D eigenvalue weighted by molar-refractivity contribution is 6.13. The van der Waals surface area contributed by atoms with Gasteiger partial charge in [0.05, 0.1) is 11.0 Å². The molecule has 0 saturated heterocycles. The summed E-state index contributed by atoms with van der Waals surface area (Å²) in [5.41, 5.74) is 16.0. The van der Waals surface area contributed by atoms with Crippen LogP contribution in [0.2, 0.25) is 0 Å². The van der Waals surface area contributed by atoms with Crippen molar-refractivity contribution in [3.05, 3.63) is 266 Å². The van der Waals surface area contributed by atoms with Crippen molar-refractivity contribution in [2.24, 2.45) is 0 Å². The van der Waals surface area contributed by atoms with E-state index in [-0.39, 0.29) is 0 Å². The Hall–Kier alpha value is -7.94. The molecule has 11 rings (SSSR count). The zero-order valence-electron chi connectivity index (χ0n) is 34.4. The van der Waals surface area contributed by atoms with Gasteiger partial charge in [-0.2, -0.15) is 0 Å². The molecule has 294 valence electrons. The third-order valence-corrected chi connectivity index (χ3v) is 12.6. The Morgan fingerprint density at radius 1 is 0.387 bits per heavy atom. The summed E-state index contributed by atoms with van der Waals surface area (Å²) in [5, 5.41) is 2.49. The summed E-state index contributed by atoms with van der Waals surface area (Å²) >= 11 is 0. The van der Waals surface area contributed by atoms with E-state index in [1.807, 2.05) is 0 Å². The average Bonchev–Trinajstić information content (AvgIpc) is 3.70. The number of allylic oxidation sites excluding steroid dienone is 2. The zero-order valence-corrected chi connectivity index (χ0v) is 34.4. The minimum Gasteiger partial charge on any atom is -0.327 e. The fourth-order valence-electron chi connectivity index (χ4n) is 9.81. The molecule has 1 unspecified atom stereocenters. The third kappa shape index (κ3) is 6.36. The van der Waals surface area contributed by atoms with Crippen LogP contribution >= 0.6 is 0 Å². The maximum Gasteiger partial charge on any atom is 0.100 e. The minimum atomic E-state index is -0.641. The molecular weight excluding hydrogens is 749 g/mol. The predicted octanol–water partition coefficient (Wildman–Crippen LogP) is 15.9. The summed E-state index contributed by atoms with van der Waals surface area (Å²) in [6.45, 7) is 0. The van der Waals surface area contributed by atoms with Crippen LogP contribution in [-0.4, -0.2) is 4.57 Å². The Labute approximate surface area is 363 Å². The van der Waals surface area contributed by atoms with Gasteiger partial charge < -0.3 is 9.47 Å². The summed E-state index contributed by atoms with van der Waals surface area (Å²) in [6, 6.07) is 86.2. The summed E-state index contributed by atoms with van der Waals surface area (Å²) in [6.07, 6.45) is 7.68. The van der Waals surface area contributed by atoms with E-state index in [1.54, 1.807) is 0 Å². The fraction of sp³-hybridized carbons (Fsp3) is 0.0333. The van der Waals surface area contributed by atoms with E-state index in [1.165, 1.54) is 71.9 Å². The van der Waals surface area contributed by atoms with E-state index in [0.717, 1.165) is 23.5 Å². The summed E-state index contributed by atoms with van der Waals surface area (Å²) in [4.78, 5) is 2.61. The first-order chi connectivity index (χ1) is 30.8. The average molecular weight is 793 g/mol. The van der Waals surface area contributed by atoms with E-state index in [0.29, 0.717) is 0 Å². The number of fused-ring (bicyclic) bond motifs is 3. The van der Waals surface area contributed by atoms with Crippen LogP contribution in [0.4, 0.5) is 11.4 Å². The number of benzene rings is 9. The van der Waals surface area contributed by atoms with Crippen LogP contribution in [0.15, 0.2) is 255 Å². The van der Waals surface area contributed by atoms with Crippen molar-refractivity contribution < 1.29 is 0 Å². The molecule has 0 N–H and O–H groups in total. The SMILES string of the molecule is C1=CCC(c2ccccc2-c2ccccc2)(N(c2ccc(-c3ccccc3)cc2)c2ccc(-c3cccc4c5ccccc5n(-c5ccccc5)c34)cc2)C(c2ccccc2)=C1. The molecule has 1 heterocycles. The van der Waals surface area contributed by atoms with Crippen molar-refractivity contribution in [2.75, 3.05) is 4.90 Å². The predicted molar refractivity (Wildman–Crippen MR) is 262 cm³/mol. The standard InChI is InChI=1S/C60H44N2/c1-5-20-44(21-6-1)45-35-39-50(40-36-45)62(60(43-18-17-32-56(60)48-24-9-3-10-25-48)57-33-15-13-28-52(57)46-22-7-2-8-23-46)51-41-37-47(38-42-51)53-30-19-31-55-54-29-14-16-34-58(54)61(59(53)55)49-26-11-4-12-27-49/h1-42H,43H2. The molecule has 0 aliphatic heterocycles. The maximum absolute atomic E-state index is 2.61. The van der Waals surface area contributed by atoms with Crippen LogP contribution in [0.25, 0.3) is 66.4 Å². The molecule has 1 aromatic heterocycles. The largest absolute Gasteiger partial charge is 0.327 e. The Morgan fingerprint density at radius 3 is 1.58 bits per heavy atom. The van der Waals surface area contributed by atoms with E-state index in [2.05, 4.69) is 264 Å².